The number of carbonyl (C=O) groups excluding carboxylic acids is 6. The van der Waals surface area contributed by atoms with E-state index in [1.54, 1.807) is 82.0 Å². The molecule has 3 fully saturated rings. The van der Waals surface area contributed by atoms with Gasteiger partial charge in [0.15, 0.2) is 11.5 Å². The summed E-state index contributed by atoms with van der Waals surface area (Å²) >= 11 is 0. The van der Waals surface area contributed by atoms with E-state index in [-0.39, 0.29) is 73.8 Å². The maximum Gasteiger partial charge on any atom is 0.411 e. The number of rotatable bonds is 12. The number of carbonyl (C=O) groups is 6. The molecule has 62 heavy (non-hydrogen) atoms. The van der Waals surface area contributed by atoms with Gasteiger partial charge in [-0.25, -0.2) is 9.59 Å². The molecule has 2 aliphatic heterocycles. The molecule has 4 heterocycles. The Labute approximate surface area is 358 Å². The summed E-state index contributed by atoms with van der Waals surface area (Å²) in [5.74, 6) is -0.360. The van der Waals surface area contributed by atoms with Crippen LogP contribution in [0.5, 0.6) is 0 Å². The van der Waals surface area contributed by atoms with Crippen molar-refractivity contribution >= 4 is 69.1 Å². The Hall–Kier alpha value is -6.14. The van der Waals surface area contributed by atoms with E-state index in [0.29, 0.717) is 85.7 Å². The summed E-state index contributed by atoms with van der Waals surface area (Å²) in [6, 6.07) is 13.4. The second kappa shape index (κ2) is 20.6. The third-order valence-corrected chi connectivity index (χ3v) is 11.3. The van der Waals surface area contributed by atoms with Crippen molar-refractivity contribution in [1.82, 2.24) is 19.6 Å². The molecule has 4 aromatic rings. The van der Waals surface area contributed by atoms with E-state index in [9.17, 15) is 28.8 Å². The number of amides is 6. The summed E-state index contributed by atoms with van der Waals surface area (Å²) in [6.45, 7) is 6.93. The average molecular weight is 859 g/mol. The minimum atomic E-state index is -0.562. The van der Waals surface area contributed by atoms with Gasteiger partial charge in [0, 0.05) is 74.5 Å². The van der Waals surface area contributed by atoms with E-state index in [4.69, 9.17) is 27.8 Å². The van der Waals surface area contributed by atoms with Crippen LogP contribution in [0.1, 0.15) is 73.5 Å². The van der Waals surface area contributed by atoms with Crippen LogP contribution in [0, 0.1) is 0 Å². The fraction of sp³-hybridized carbons (Fsp3) is 0.500. The molecule has 0 atom stereocenters. The highest BCUT2D eigenvalue weighted by Crippen LogP contribution is 2.27. The molecule has 1 aliphatic carbocycles. The van der Waals surface area contributed by atoms with Gasteiger partial charge in [-0.05, 0) is 101 Å². The van der Waals surface area contributed by atoms with E-state index in [1.807, 2.05) is 0 Å². The number of nitrogens with one attached hydrogen (secondary N) is 2. The van der Waals surface area contributed by atoms with E-state index in [2.05, 4.69) is 10.6 Å². The first-order valence-electron chi connectivity index (χ1n) is 21.4. The fourth-order valence-corrected chi connectivity index (χ4v) is 7.98. The Balaban J connectivity index is 0.768. The Kier molecular flexibility index (Phi) is 14.6. The summed E-state index contributed by atoms with van der Waals surface area (Å²) in [4.78, 5) is 83.0. The van der Waals surface area contributed by atoms with Crippen molar-refractivity contribution in [2.24, 2.45) is 0 Å². The van der Waals surface area contributed by atoms with Gasteiger partial charge in [-0.1, -0.05) is 0 Å². The maximum atomic E-state index is 13.3. The zero-order valence-corrected chi connectivity index (χ0v) is 35.2. The van der Waals surface area contributed by atoms with Crippen molar-refractivity contribution in [3.8, 4) is 0 Å². The standard InChI is InChI=1S/C44H54N6O12/c1-3-57-43(55)45-31-11-13-35-29(23-31)25-37(61-35)41(53)49-19-15-47(16-20-49)39(51)27-59-33-7-5-9-34(10-6-8-33)60-28-40(52)48-17-21-50(22-18-48)42(54)38-26-30-24-32(12-14-36(30)62-38)46-44(56)58-4-2/h11-14,23-26,33-34H,3-10,15-22,27-28H2,1-2H3,(H,45,55)(H,46,56). The number of anilines is 2. The minimum absolute atomic E-state index is 0.0208. The summed E-state index contributed by atoms with van der Waals surface area (Å²) < 4.78 is 33.6. The predicted molar refractivity (Wildman–Crippen MR) is 226 cm³/mol. The molecule has 332 valence electrons. The monoisotopic (exact) mass is 858 g/mol. The molecule has 18 heteroatoms. The molecule has 0 spiro atoms. The van der Waals surface area contributed by atoms with Crippen LogP contribution in [0.15, 0.2) is 57.4 Å². The SMILES string of the molecule is CCOC(=O)Nc1ccc2oc(C(=O)N3CCN(C(=O)COC4CCCC(OCC(=O)N5CCN(C(=O)c6cc7cc(NC(=O)OCC)ccc7o6)CC5)CCC4)CC3)cc2c1. The highest BCUT2D eigenvalue weighted by molar-refractivity contribution is 5.99. The zero-order valence-electron chi connectivity index (χ0n) is 35.2. The molecule has 2 saturated heterocycles. The number of hydrogen-bond donors (Lipinski definition) is 2. The summed E-state index contributed by atoms with van der Waals surface area (Å²) in [6.07, 6.45) is 3.61. The number of benzene rings is 2. The van der Waals surface area contributed by atoms with Gasteiger partial charge in [-0.3, -0.25) is 29.8 Å². The van der Waals surface area contributed by atoms with Crippen LogP contribution >= 0.6 is 0 Å². The molecular weight excluding hydrogens is 805 g/mol. The van der Waals surface area contributed by atoms with Crippen LogP contribution < -0.4 is 10.6 Å². The molecule has 0 bridgehead atoms. The third kappa shape index (κ3) is 11.2. The number of nitrogens with zero attached hydrogens (tertiary/aromatic N) is 4. The van der Waals surface area contributed by atoms with E-state index in [1.165, 1.54) is 0 Å². The molecule has 2 aromatic heterocycles. The highest BCUT2D eigenvalue weighted by Gasteiger charge is 2.30. The van der Waals surface area contributed by atoms with Crippen molar-refractivity contribution in [2.45, 2.75) is 64.6 Å². The van der Waals surface area contributed by atoms with Gasteiger partial charge in [0.05, 0.1) is 25.4 Å². The molecule has 3 aliphatic rings. The van der Waals surface area contributed by atoms with Gasteiger partial charge in [0.1, 0.15) is 24.4 Å². The van der Waals surface area contributed by atoms with Gasteiger partial charge in [-0.2, -0.15) is 0 Å². The molecule has 6 amide bonds. The van der Waals surface area contributed by atoms with Crippen LogP contribution in [0.25, 0.3) is 21.9 Å². The van der Waals surface area contributed by atoms with Gasteiger partial charge in [0.2, 0.25) is 11.8 Å². The highest BCUT2D eigenvalue weighted by atomic mass is 16.6. The number of furan rings is 2. The first-order valence-corrected chi connectivity index (χ1v) is 21.4. The van der Waals surface area contributed by atoms with E-state index < -0.39 is 12.2 Å². The first kappa shape index (κ1) is 43.9. The lowest BCUT2D eigenvalue weighted by atomic mass is 9.96. The molecule has 0 unspecified atom stereocenters. The third-order valence-electron chi connectivity index (χ3n) is 11.3. The van der Waals surface area contributed by atoms with Crippen molar-refractivity contribution in [2.75, 3.05) is 89.4 Å². The number of ether oxygens (including phenoxy) is 4. The smallest absolute Gasteiger partial charge is 0.411 e. The molecule has 1 saturated carbocycles. The van der Waals surface area contributed by atoms with Crippen molar-refractivity contribution in [1.29, 1.82) is 0 Å². The normalized spacial score (nSPS) is 18.5. The molecule has 0 radical (unpaired) electrons. The van der Waals surface area contributed by atoms with Gasteiger partial charge >= 0.3 is 12.2 Å². The maximum absolute atomic E-state index is 13.3. The van der Waals surface area contributed by atoms with E-state index in [0.717, 1.165) is 38.5 Å². The topological polar surface area (TPSA) is 203 Å². The Morgan fingerprint density at radius 3 is 1.29 bits per heavy atom. The first-order chi connectivity index (χ1) is 30.1. The lowest BCUT2D eigenvalue weighted by Crippen LogP contribution is -2.51. The summed E-state index contributed by atoms with van der Waals surface area (Å²) in [5.41, 5.74) is 2.09. The van der Waals surface area contributed by atoms with Crippen LogP contribution in [0.3, 0.4) is 0 Å². The Morgan fingerprint density at radius 1 is 0.548 bits per heavy atom. The lowest BCUT2D eigenvalue weighted by Gasteiger charge is -2.35. The Morgan fingerprint density at radius 2 is 0.919 bits per heavy atom. The second-order valence-electron chi connectivity index (χ2n) is 15.5. The quantitative estimate of drug-likeness (QED) is 0.176. The predicted octanol–water partition coefficient (Wildman–Crippen LogP) is 5.71. The van der Waals surface area contributed by atoms with Crippen LogP contribution in [-0.4, -0.2) is 146 Å². The lowest BCUT2D eigenvalue weighted by molar-refractivity contribution is -0.140. The Bertz CT molecular complexity index is 2070. The van der Waals surface area contributed by atoms with E-state index >= 15 is 0 Å². The zero-order chi connectivity index (χ0) is 43.6. The summed E-state index contributed by atoms with van der Waals surface area (Å²) in [5, 5.41) is 6.63. The van der Waals surface area contributed by atoms with Crippen molar-refractivity contribution < 1.29 is 56.5 Å². The fourth-order valence-electron chi connectivity index (χ4n) is 7.98. The molecule has 7 rings (SSSR count). The largest absolute Gasteiger partial charge is 0.451 e. The number of hydrogen-bond acceptors (Lipinski definition) is 12. The van der Waals surface area contributed by atoms with Crippen LogP contribution in [0.4, 0.5) is 21.0 Å². The molecule has 18 nitrogen and oxygen atoms in total. The average Bonchev–Trinajstić information content (AvgIpc) is 3.89. The second-order valence-corrected chi connectivity index (χ2v) is 15.5. The number of fused-ring (bicyclic) bond motifs is 2. The minimum Gasteiger partial charge on any atom is -0.451 e. The number of piperazine rings is 2. The molecule has 2 aromatic carbocycles. The van der Waals surface area contributed by atoms with Gasteiger partial charge < -0.3 is 47.4 Å². The molecular formula is C44H54N6O12. The van der Waals surface area contributed by atoms with Crippen molar-refractivity contribution in [3.63, 3.8) is 0 Å². The van der Waals surface area contributed by atoms with Crippen LogP contribution in [-0.2, 0) is 28.5 Å². The van der Waals surface area contributed by atoms with Gasteiger partial charge in [0.25, 0.3) is 11.8 Å². The molecule has 2 N–H and O–H groups in total. The van der Waals surface area contributed by atoms with Crippen molar-refractivity contribution in [3.05, 3.63) is 60.1 Å². The summed E-state index contributed by atoms with van der Waals surface area (Å²) in [7, 11) is 0. The van der Waals surface area contributed by atoms with Crippen LogP contribution in [0.2, 0.25) is 0 Å². The van der Waals surface area contributed by atoms with Gasteiger partial charge in [-0.15, -0.1) is 0 Å².